The van der Waals surface area contributed by atoms with Crippen LogP contribution in [0.4, 0.5) is 0 Å². The third-order valence-electron chi connectivity index (χ3n) is 12.7. The molecule has 0 unspecified atom stereocenters. The highest BCUT2D eigenvalue weighted by Gasteiger charge is 2.21. The zero-order valence-electron chi connectivity index (χ0n) is 34.5. The molecule has 0 aliphatic rings. The number of furan rings is 2. The van der Waals surface area contributed by atoms with Crippen LogP contribution >= 0.6 is 11.3 Å². The van der Waals surface area contributed by atoms with Gasteiger partial charge in [-0.05, 0) is 72.3 Å². The number of fused-ring (bicyclic) bond motifs is 13. The lowest BCUT2D eigenvalue weighted by Crippen LogP contribution is -2.00. The van der Waals surface area contributed by atoms with Crippen molar-refractivity contribution in [2.75, 3.05) is 0 Å². The number of benzene rings is 9. The fourth-order valence-electron chi connectivity index (χ4n) is 9.65. The molecular formula is C58H32N4O2S. The van der Waals surface area contributed by atoms with E-state index in [0.29, 0.717) is 17.5 Å². The maximum absolute atomic E-state index is 6.20. The van der Waals surface area contributed by atoms with E-state index in [0.717, 1.165) is 99.2 Å². The van der Waals surface area contributed by atoms with Crippen LogP contribution in [-0.2, 0) is 0 Å². The lowest BCUT2D eigenvalue weighted by Gasteiger charge is -2.15. The SMILES string of the molecule is c1ccc(-c2nc3ccccc3c3c2cc(-c2ccc(-c4nc(-c5ccc6oc7ccccc7c6c5)nc(-c5ccc6oc7ccccc7c6c5)n4)cc2)c2sc4ccccc4c23)cc1. The van der Waals surface area contributed by atoms with Crippen molar-refractivity contribution in [1.29, 1.82) is 0 Å². The van der Waals surface area contributed by atoms with Crippen LogP contribution in [0.1, 0.15) is 0 Å². The number of hydrogen-bond donors (Lipinski definition) is 0. The Morgan fingerprint density at radius 3 is 1.49 bits per heavy atom. The molecule has 0 spiro atoms. The second kappa shape index (κ2) is 14.0. The van der Waals surface area contributed by atoms with Crippen molar-refractivity contribution in [3.05, 3.63) is 194 Å². The first-order valence-corrected chi connectivity index (χ1v) is 22.4. The molecule has 0 saturated heterocycles. The lowest BCUT2D eigenvalue weighted by molar-refractivity contribution is 0.668. The molecule has 5 aromatic heterocycles. The average molecular weight is 849 g/mol. The summed E-state index contributed by atoms with van der Waals surface area (Å²) in [5.74, 6) is 1.74. The van der Waals surface area contributed by atoms with Crippen LogP contribution in [0.2, 0.25) is 0 Å². The third kappa shape index (κ3) is 5.66. The maximum Gasteiger partial charge on any atom is 0.164 e. The molecule has 0 aliphatic carbocycles. The van der Waals surface area contributed by atoms with Gasteiger partial charge in [0.15, 0.2) is 17.5 Å². The largest absolute Gasteiger partial charge is 0.456 e. The van der Waals surface area contributed by atoms with Crippen LogP contribution in [0.25, 0.3) is 142 Å². The molecular weight excluding hydrogens is 817 g/mol. The number of rotatable bonds is 5. The van der Waals surface area contributed by atoms with Crippen molar-refractivity contribution in [1.82, 2.24) is 19.9 Å². The zero-order chi connectivity index (χ0) is 42.6. The van der Waals surface area contributed by atoms with E-state index in [-0.39, 0.29) is 0 Å². The lowest BCUT2D eigenvalue weighted by atomic mass is 9.92. The van der Waals surface area contributed by atoms with Crippen LogP contribution < -0.4 is 0 Å². The minimum absolute atomic E-state index is 0.577. The van der Waals surface area contributed by atoms with Gasteiger partial charge in [0.1, 0.15) is 22.3 Å². The Kier molecular flexibility index (Phi) is 7.75. The Morgan fingerprint density at radius 1 is 0.323 bits per heavy atom. The van der Waals surface area contributed by atoms with Crippen LogP contribution in [0.3, 0.4) is 0 Å². The molecule has 5 heterocycles. The second-order valence-corrected chi connectivity index (χ2v) is 17.5. The molecule has 0 fully saturated rings. The van der Waals surface area contributed by atoms with Crippen molar-refractivity contribution in [2.24, 2.45) is 0 Å². The van der Waals surface area contributed by atoms with Gasteiger partial charge in [0.2, 0.25) is 0 Å². The van der Waals surface area contributed by atoms with Gasteiger partial charge in [-0.2, -0.15) is 0 Å². The zero-order valence-corrected chi connectivity index (χ0v) is 35.3. The van der Waals surface area contributed by atoms with Gasteiger partial charge in [0.05, 0.1) is 11.2 Å². The van der Waals surface area contributed by atoms with Crippen LogP contribution in [0.15, 0.2) is 203 Å². The summed E-state index contributed by atoms with van der Waals surface area (Å²) >= 11 is 1.85. The van der Waals surface area contributed by atoms with E-state index in [9.17, 15) is 0 Å². The van der Waals surface area contributed by atoms with Crippen molar-refractivity contribution < 1.29 is 8.83 Å². The van der Waals surface area contributed by atoms with Gasteiger partial charge in [0.25, 0.3) is 0 Å². The minimum Gasteiger partial charge on any atom is -0.456 e. The van der Waals surface area contributed by atoms with E-state index in [4.69, 9.17) is 28.8 Å². The van der Waals surface area contributed by atoms with E-state index in [1.54, 1.807) is 0 Å². The summed E-state index contributed by atoms with van der Waals surface area (Å²) in [6, 6.07) is 67.4. The fourth-order valence-corrected chi connectivity index (χ4v) is 10.9. The standard InChI is InChI=1S/C58H32N4O2S/c1-2-12-34(13-3-1)54-45-32-42(55-53(41-17-7-11-21-51(41)65-55)52(45)40-16-4-8-18-46(40)59-54)33-22-24-35(25-23-33)56-60-57(36-26-28-49-43(30-36)38-14-5-9-19-47(38)63-49)62-58(61-56)37-27-29-50-44(31-37)39-15-6-10-20-48(39)64-50/h1-32H. The van der Waals surface area contributed by atoms with Gasteiger partial charge in [-0.15, -0.1) is 11.3 Å². The Labute approximate surface area is 374 Å². The molecule has 0 atom stereocenters. The topological polar surface area (TPSA) is 77.8 Å². The summed E-state index contributed by atoms with van der Waals surface area (Å²) in [6.45, 7) is 0. The number of pyridine rings is 1. The van der Waals surface area contributed by atoms with Gasteiger partial charge < -0.3 is 8.83 Å². The highest BCUT2D eigenvalue weighted by Crippen LogP contribution is 2.48. The first-order valence-electron chi connectivity index (χ1n) is 21.6. The highest BCUT2D eigenvalue weighted by molar-refractivity contribution is 7.26. The number of nitrogens with zero attached hydrogens (tertiary/aromatic N) is 4. The second-order valence-electron chi connectivity index (χ2n) is 16.5. The normalized spacial score (nSPS) is 12.0. The molecule has 0 saturated carbocycles. The maximum atomic E-state index is 6.20. The van der Waals surface area contributed by atoms with E-state index < -0.39 is 0 Å². The Hall–Kier alpha value is -8.52. The molecule has 302 valence electrons. The number of para-hydroxylation sites is 3. The van der Waals surface area contributed by atoms with Gasteiger partial charge in [-0.25, -0.2) is 19.9 Å². The van der Waals surface area contributed by atoms with Crippen molar-refractivity contribution in [3.63, 3.8) is 0 Å². The minimum atomic E-state index is 0.577. The van der Waals surface area contributed by atoms with Crippen molar-refractivity contribution in [3.8, 4) is 56.5 Å². The van der Waals surface area contributed by atoms with Crippen molar-refractivity contribution >= 4 is 97.1 Å². The fraction of sp³-hybridized carbons (Fsp3) is 0. The predicted octanol–water partition coefficient (Wildman–Crippen LogP) is 16.1. The van der Waals surface area contributed by atoms with Gasteiger partial charge >= 0.3 is 0 Å². The Balaban J connectivity index is 0.966. The summed E-state index contributed by atoms with van der Waals surface area (Å²) < 4.78 is 14.9. The number of aromatic nitrogens is 4. The summed E-state index contributed by atoms with van der Waals surface area (Å²) in [6.07, 6.45) is 0. The van der Waals surface area contributed by atoms with E-state index in [1.165, 1.54) is 25.6 Å². The summed E-state index contributed by atoms with van der Waals surface area (Å²) in [5.41, 5.74) is 11.3. The summed E-state index contributed by atoms with van der Waals surface area (Å²) in [7, 11) is 0. The van der Waals surface area contributed by atoms with Crippen LogP contribution in [0, 0.1) is 0 Å². The van der Waals surface area contributed by atoms with E-state index >= 15 is 0 Å². The third-order valence-corrected chi connectivity index (χ3v) is 13.9. The van der Waals surface area contributed by atoms with Crippen LogP contribution in [-0.4, -0.2) is 19.9 Å². The molecule has 14 aromatic rings. The monoisotopic (exact) mass is 848 g/mol. The van der Waals surface area contributed by atoms with E-state index in [1.807, 2.05) is 72.0 Å². The Morgan fingerprint density at radius 2 is 0.831 bits per heavy atom. The molecule has 14 rings (SSSR count). The van der Waals surface area contributed by atoms with Gasteiger partial charge in [-0.1, -0.05) is 127 Å². The Bertz CT molecular complexity index is 4110. The van der Waals surface area contributed by atoms with Gasteiger partial charge in [0, 0.05) is 85.7 Å². The molecule has 65 heavy (non-hydrogen) atoms. The summed E-state index contributed by atoms with van der Waals surface area (Å²) in [4.78, 5) is 20.9. The average Bonchev–Trinajstić information content (AvgIpc) is 4.07. The molecule has 9 aromatic carbocycles. The van der Waals surface area contributed by atoms with Crippen molar-refractivity contribution in [2.45, 2.75) is 0 Å². The molecule has 0 amide bonds. The molecule has 0 aliphatic heterocycles. The molecule has 0 N–H and O–H groups in total. The highest BCUT2D eigenvalue weighted by atomic mass is 32.1. The predicted molar refractivity (Wildman–Crippen MR) is 267 cm³/mol. The number of thiophene rings is 1. The molecule has 7 heteroatoms. The van der Waals surface area contributed by atoms with E-state index in [2.05, 4.69) is 133 Å². The smallest absolute Gasteiger partial charge is 0.164 e. The quantitative estimate of drug-likeness (QED) is 0.161. The molecule has 6 nitrogen and oxygen atoms in total. The number of hydrogen-bond acceptors (Lipinski definition) is 7. The summed E-state index contributed by atoms with van der Waals surface area (Å²) in [5, 5.41) is 10.1. The first-order chi connectivity index (χ1) is 32.2. The van der Waals surface area contributed by atoms with Gasteiger partial charge in [-0.3, -0.25) is 0 Å². The van der Waals surface area contributed by atoms with Crippen LogP contribution in [0.5, 0.6) is 0 Å². The molecule has 0 radical (unpaired) electrons. The first kappa shape index (κ1) is 36.0. The molecule has 0 bridgehead atoms.